The fraction of sp³-hybridized carbons (Fsp3) is 0.462. The molecule has 0 unspecified atom stereocenters. The van der Waals surface area contributed by atoms with Crippen molar-refractivity contribution in [2.45, 2.75) is 27.2 Å². The lowest BCUT2D eigenvalue weighted by molar-refractivity contribution is -0.146. The van der Waals surface area contributed by atoms with Gasteiger partial charge in [-0.1, -0.05) is 0 Å². The van der Waals surface area contributed by atoms with E-state index in [9.17, 15) is 9.18 Å². The largest absolute Gasteiger partial charge is 0.496 e. The summed E-state index contributed by atoms with van der Waals surface area (Å²) in [6, 6.07) is 1.58. The molecule has 0 atom stereocenters. The van der Waals surface area contributed by atoms with E-state index >= 15 is 0 Å². The Kier molecular flexibility index (Phi) is 4.37. The zero-order valence-corrected chi connectivity index (χ0v) is 12.4. The Morgan fingerprint density at radius 2 is 2.11 bits per heavy atom. The van der Waals surface area contributed by atoms with E-state index in [1.807, 2.05) is 0 Å². The summed E-state index contributed by atoms with van der Waals surface area (Å²) >= 11 is 3.13. The first-order valence-electron chi connectivity index (χ1n) is 5.45. The molecule has 1 N–H and O–H groups in total. The highest BCUT2D eigenvalue weighted by Crippen LogP contribution is 2.35. The van der Waals surface area contributed by atoms with Crippen LogP contribution in [0.1, 0.15) is 25.0 Å². The first-order valence-corrected chi connectivity index (χ1v) is 6.25. The van der Waals surface area contributed by atoms with Gasteiger partial charge < -0.3 is 9.84 Å². The molecule has 0 aromatic heterocycles. The number of carbonyl (C=O) groups is 1. The summed E-state index contributed by atoms with van der Waals surface area (Å²) in [7, 11) is 1.45. The lowest BCUT2D eigenvalue weighted by Crippen LogP contribution is -2.26. The van der Waals surface area contributed by atoms with Crippen LogP contribution in [0.25, 0.3) is 0 Å². The molecule has 0 aliphatic heterocycles. The lowest BCUT2D eigenvalue weighted by Gasteiger charge is -2.22. The molecule has 0 saturated carbocycles. The minimum atomic E-state index is -0.934. The highest BCUT2D eigenvalue weighted by molar-refractivity contribution is 9.10. The van der Waals surface area contributed by atoms with E-state index in [-0.39, 0.29) is 12.2 Å². The zero-order valence-electron chi connectivity index (χ0n) is 10.8. The Bertz CT molecular complexity index is 484. The first kappa shape index (κ1) is 15.0. The number of hydrogen-bond donors (Lipinski definition) is 1. The molecule has 0 radical (unpaired) electrons. The molecule has 1 aromatic rings. The molecule has 3 nitrogen and oxygen atoms in total. The van der Waals surface area contributed by atoms with Gasteiger partial charge in [-0.05, 0) is 54.8 Å². The van der Waals surface area contributed by atoms with Gasteiger partial charge >= 0.3 is 5.97 Å². The van der Waals surface area contributed by atoms with E-state index in [4.69, 9.17) is 9.84 Å². The van der Waals surface area contributed by atoms with Crippen LogP contribution in [-0.4, -0.2) is 18.2 Å². The van der Waals surface area contributed by atoms with Gasteiger partial charge in [0.25, 0.3) is 0 Å². The standard InChI is InChI=1S/C13H16BrFO3/c1-7-10(15)9(14)5-8(11(7)18-4)6-13(2,3)12(16)17/h5H,6H2,1-4H3,(H,16,17). The molecule has 0 spiro atoms. The van der Waals surface area contributed by atoms with E-state index in [0.29, 0.717) is 21.3 Å². The number of aliphatic carboxylic acids is 1. The van der Waals surface area contributed by atoms with E-state index in [2.05, 4.69) is 15.9 Å². The van der Waals surface area contributed by atoms with Crippen molar-refractivity contribution in [3.8, 4) is 5.75 Å². The van der Waals surface area contributed by atoms with Crippen molar-refractivity contribution in [3.63, 3.8) is 0 Å². The van der Waals surface area contributed by atoms with Crippen molar-refractivity contribution in [2.75, 3.05) is 7.11 Å². The fourth-order valence-electron chi connectivity index (χ4n) is 1.77. The molecule has 18 heavy (non-hydrogen) atoms. The Morgan fingerprint density at radius 1 is 1.56 bits per heavy atom. The van der Waals surface area contributed by atoms with Crippen molar-refractivity contribution in [3.05, 3.63) is 27.5 Å². The van der Waals surface area contributed by atoms with Gasteiger partial charge in [0, 0.05) is 5.56 Å². The quantitative estimate of drug-likeness (QED) is 0.923. The van der Waals surface area contributed by atoms with Gasteiger partial charge in [0.2, 0.25) is 0 Å². The smallest absolute Gasteiger partial charge is 0.309 e. The van der Waals surface area contributed by atoms with Gasteiger partial charge in [0.05, 0.1) is 17.0 Å². The highest BCUT2D eigenvalue weighted by atomic mass is 79.9. The van der Waals surface area contributed by atoms with Crippen molar-refractivity contribution in [1.29, 1.82) is 0 Å². The molecule has 0 aliphatic rings. The third-order valence-corrected chi connectivity index (χ3v) is 3.46. The third kappa shape index (κ3) is 2.83. The topological polar surface area (TPSA) is 46.5 Å². The Balaban J connectivity index is 3.29. The van der Waals surface area contributed by atoms with Crippen LogP contribution in [0.15, 0.2) is 10.5 Å². The highest BCUT2D eigenvalue weighted by Gasteiger charge is 2.29. The van der Waals surface area contributed by atoms with Crippen LogP contribution in [0.5, 0.6) is 5.75 Å². The molecule has 0 fully saturated rings. The van der Waals surface area contributed by atoms with Crippen LogP contribution in [0, 0.1) is 18.2 Å². The SMILES string of the molecule is COc1c(CC(C)(C)C(=O)O)cc(Br)c(F)c1C. The number of carboxylic acids is 1. The maximum Gasteiger partial charge on any atom is 0.309 e. The molecule has 0 amide bonds. The molecule has 5 heteroatoms. The van der Waals surface area contributed by atoms with E-state index in [1.165, 1.54) is 7.11 Å². The molecule has 0 saturated heterocycles. The minimum absolute atomic E-state index is 0.269. The molecule has 0 bridgehead atoms. The third-order valence-electron chi connectivity index (χ3n) is 2.89. The Hall–Kier alpha value is -1.10. The number of ether oxygens (including phenoxy) is 1. The fourth-order valence-corrected chi connectivity index (χ4v) is 2.34. The van der Waals surface area contributed by atoms with Crippen molar-refractivity contribution >= 4 is 21.9 Å². The van der Waals surface area contributed by atoms with Gasteiger partial charge in [0.1, 0.15) is 11.6 Å². The van der Waals surface area contributed by atoms with Crippen molar-refractivity contribution in [2.24, 2.45) is 5.41 Å². The van der Waals surface area contributed by atoms with Gasteiger partial charge in [0.15, 0.2) is 0 Å². The monoisotopic (exact) mass is 318 g/mol. The second-order valence-corrected chi connectivity index (χ2v) is 5.71. The number of halogens is 2. The summed E-state index contributed by atoms with van der Waals surface area (Å²) < 4.78 is 19.2. The maximum absolute atomic E-state index is 13.7. The first-order chi connectivity index (χ1) is 8.20. The van der Waals surface area contributed by atoms with Crippen LogP contribution in [0.3, 0.4) is 0 Å². The van der Waals surface area contributed by atoms with Gasteiger partial charge in [-0.25, -0.2) is 4.39 Å². The van der Waals surface area contributed by atoms with E-state index in [1.54, 1.807) is 26.8 Å². The average Bonchev–Trinajstić information content (AvgIpc) is 2.26. The average molecular weight is 319 g/mol. The van der Waals surface area contributed by atoms with Crippen LogP contribution in [0.4, 0.5) is 4.39 Å². The zero-order chi connectivity index (χ0) is 14.1. The molecular weight excluding hydrogens is 303 g/mol. The second-order valence-electron chi connectivity index (χ2n) is 4.86. The number of carboxylic acid groups (broad SMARTS) is 1. The molecule has 0 aliphatic carbocycles. The molecule has 1 rings (SSSR count). The van der Waals surface area contributed by atoms with Crippen LogP contribution in [-0.2, 0) is 11.2 Å². The summed E-state index contributed by atoms with van der Waals surface area (Å²) in [5.74, 6) is -0.878. The van der Waals surface area contributed by atoms with Gasteiger partial charge in [-0.2, -0.15) is 0 Å². The Labute approximate surface area is 114 Å². The van der Waals surface area contributed by atoms with E-state index in [0.717, 1.165) is 0 Å². The molecule has 1 aromatic carbocycles. The number of methoxy groups -OCH3 is 1. The predicted octanol–water partition coefficient (Wildman–Crippen LogP) is 3.56. The number of rotatable bonds is 4. The molecule has 0 heterocycles. The second kappa shape index (κ2) is 5.26. The predicted molar refractivity (Wildman–Crippen MR) is 70.5 cm³/mol. The summed E-state index contributed by atoms with van der Waals surface area (Å²) in [6.07, 6.45) is 0.269. The van der Waals surface area contributed by atoms with Crippen molar-refractivity contribution < 1.29 is 19.0 Å². The summed E-state index contributed by atoms with van der Waals surface area (Å²) in [4.78, 5) is 11.1. The normalized spacial score (nSPS) is 11.4. The molecular formula is C13H16BrFO3. The summed E-state index contributed by atoms with van der Waals surface area (Å²) in [5, 5.41) is 9.13. The van der Waals surface area contributed by atoms with Crippen molar-refractivity contribution in [1.82, 2.24) is 0 Å². The summed E-state index contributed by atoms with van der Waals surface area (Å²) in [6.45, 7) is 4.86. The van der Waals surface area contributed by atoms with Gasteiger partial charge in [-0.3, -0.25) is 4.79 Å². The summed E-state index contributed by atoms with van der Waals surface area (Å²) in [5.41, 5.74) is 0.121. The van der Waals surface area contributed by atoms with E-state index < -0.39 is 11.4 Å². The lowest BCUT2D eigenvalue weighted by atomic mass is 9.85. The van der Waals surface area contributed by atoms with Crippen LogP contribution < -0.4 is 4.74 Å². The minimum Gasteiger partial charge on any atom is -0.496 e. The number of benzene rings is 1. The van der Waals surface area contributed by atoms with Crippen LogP contribution in [0.2, 0.25) is 0 Å². The van der Waals surface area contributed by atoms with Gasteiger partial charge in [-0.15, -0.1) is 0 Å². The van der Waals surface area contributed by atoms with Crippen LogP contribution >= 0.6 is 15.9 Å². The number of hydrogen-bond acceptors (Lipinski definition) is 2. The maximum atomic E-state index is 13.7. The Morgan fingerprint density at radius 3 is 2.56 bits per heavy atom. The molecule has 100 valence electrons.